The van der Waals surface area contributed by atoms with Crippen molar-refractivity contribution in [3.8, 4) is 11.4 Å². The number of amides is 1. The SMILES string of the molecule is Cc1c(OC(=O)NCc2cccc(C(F)(F)F)c2)cnn1-c1ccccc1. The fourth-order valence-corrected chi connectivity index (χ4v) is 2.49. The van der Waals surface area contributed by atoms with Gasteiger partial charge in [-0.3, -0.25) is 0 Å². The molecule has 0 atom stereocenters. The molecule has 0 aliphatic carbocycles. The molecule has 0 saturated carbocycles. The summed E-state index contributed by atoms with van der Waals surface area (Å²) in [5, 5.41) is 6.62. The minimum Gasteiger partial charge on any atom is -0.407 e. The standard InChI is InChI=1S/C19H16F3N3O2/c1-13-17(12-24-25(13)16-8-3-2-4-9-16)27-18(26)23-11-14-6-5-7-15(10-14)19(20,21)22/h2-10,12H,11H2,1H3,(H,23,26). The predicted octanol–water partition coefficient (Wildman–Crippen LogP) is 4.49. The first-order chi connectivity index (χ1) is 12.8. The summed E-state index contributed by atoms with van der Waals surface area (Å²) >= 11 is 0. The molecule has 0 aliphatic rings. The number of carbonyl (C=O) groups excluding carboxylic acids is 1. The van der Waals surface area contributed by atoms with Crippen molar-refractivity contribution in [1.29, 1.82) is 0 Å². The Morgan fingerprint density at radius 3 is 2.59 bits per heavy atom. The van der Waals surface area contributed by atoms with Gasteiger partial charge in [0.2, 0.25) is 0 Å². The Kier molecular flexibility index (Phi) is 5.16. The van der Waals surface area contributed by atoms with Crippen LogP contribution in [0.25, 0.3) is 5.69 Å². The fraction of sp³-hybridized carbons (Fsp3) is 0.158. The quantitative estimate of drug-likeness (QED) is 0.731. The van der Waals surface area contributed by atoms with Crippen molar-refractivity contribution in [3.63, 3.8) is 0 Å². The summed E-state index contributed by atoms with van der Waals surface area (Å²) in [4.78, 5) is 12.0. The van der Waals surface area contributed by atoms with Crippen LogP contribution in [0.5, 0.6) is 5.75 Å². The van der Waals surface area contributed by atoms with Crippen molar-refractivity contribution in [2.24, 2.45) is 0 Å². The maximum absolute atomic E-state index is 12.7. The Labute approximate surface area is 153 Å². The highest BCUT2D eigenvalue weighted by molar-refractivity contribution is 5.70. The number of nitrogens with one attached hydrogen (secondary N) is 1. The lowest BCUT2D eigenvalue weighted by Gasteiger charge is -2.10. The van der Waals surface area contributed by atoms with E-state index >= 15 is 0 Å². The molecule has 0 fully saturated rings. The molecule has 0 bridgehead atoms. The summed E-state index contributed by atoms with van der Waals surface area (Å²) in [6, 6.07) is 14.1. The van der Waals surface area contributed by atoms with Gasteiger partial charge in [-0.1, -0.05) is 30.3 Å². The molecule has 2 aromatic carbocycles. The Morgan fingerprint density at radius 1 is 1.15 bits per heavy atom. The summed E-state index contributed by atoms with van der Waals surface area (Å²) in [7, 11) is 0. The van der Waals surface area contributed by atoms with E-state index < -0.39 is 17.8 Å². The lowest BCUT2D eigenvalue weighted by Crippen LogP contribution is -2.26. The molecule has 3 rings (SSSR count). The van der Waals surface area contributed by atoms with Crippen LogP contribution in [-0.2, 0) is 12.7 Å². The number of alkyl halides is 3. The van der Waals surface area contributed by atoms with Crippen molar-refractivity contribution in [2.75, 3.05) is 0 Å². The number of ether oxygens (including phenoxy) is 1. The molecule has 1 amide bonds. The molecule has 0 radical (unpaired) electrons. The monoisotopic (exact) mass is 375 g/mol. The highest BCUT2D eigenvalue weighted by atomic mass is 19.4. The number of nitrogens with zero attached hydrogens (tertiary/aromatic N) is 2. The molecule has 5 nitrogen and oxygen atoms in total. The number of benzene rings is 2. The summed E-state index contributed by atoms with van der Waals surface area (Å²) in [5.74, 6) is 0.264. The van der Waals surface area contributed by atoms with Crippen molar-refractivity contribution in [3.05, 3.63) is 77.6 Å². The molecule has 140 valence electrons. The van der Waals surface area contributed by atoms with Gasteiger partial charge in [0, 0.05) is 6.54 Å². The fourth-order valence-electron chi connectivity index (χ4n) is 2.49. The van der Waals surface area contributed by atoms with Crippen LogP contribution in [0.1, 0.15) is 16.8 Å². The third-order valence-electron chi connectivity index (χ3n) is 3.86. The predicted molar refractivity (Wildman–Crippen MR) is 92.6 cm³/mol. The van der Waals surface area contributed by atoms with Crippen LogP contribution in [0.4, 0.5) is 18.0 Å². The first-order valence-electron chi connectivity index (χ1n) is 8.06. The van der Waals surface area contributed by atoms with Crippen molar-refractivity contribution in [2.45, 2.75) is 19.6 Å². The zero-order chi connectivity index (χ0) is 19.4. The van der Waals surface area contributed by atoms with E-state index in [1.165, 1.54) is 18.3 Å². The second-order valence-corrected chi connectivity index (χ2v) is 5.78. The van der Waals surface area contributed by atoms with Gasteiger partial charge in [0.05, 0.1) is 23.1 Å². The Morgan fingerprint density at radius 2 is 1.89 bits per heavy atom. The molecule has 0 aliphatic heterocycles. The van der Waals surface area contributed by atoms with Crippen LogP contribution in [0.3, 0.4) is 0 Å². The van der Waals surface area contributed by atoms with E-state index in [2.05, 4.69) is 10.4 Å². The van der Waals surface area contributed by atoms with Crippen molar-refractivity contribution in [1.82, 2.24) is 15.1 Å². The van der Waals surface area contributed by atoms with E-state index in [1.54, 1.807) is 11.6 Å². The van der Waals surface area contributed by atoms with Gasteiger partial charge < -0.3 is 10.1 Å². The van der Waals surface area contributed by atoms with Crippen LogP contribution in [0, 0.1) is 6.92 Å². The van der Waals surface area contributed by atoms with Gasteiger partial charge in [0.15, 0.2) is 5.75 Å². The molecular formula is C19H16F3N3O2. The number of carbonyl (C=O) groups is 1. The molecule has 1 heterocycles. The number of hydrogen-bond acceptors (Lipinski definition) is 3. The molecule has 0 spiro atoms. The average Bonchev–Trinajstić information content (AvgIpc) is 3.01. The first-order valence-corrected chi connectivity index (χ1v) is 8.06. The highest BCUT2D eigenvalue weighted by Gasteiger charge is 2.30. The van der Waals surface area contributed by atoms with Crippen LogP contribution < -0.4 is 10.1 Å². The summed E-state index contributed by atoms with van der Waals surface area (Å²) in [6.45, 7) is 1.66. The van der Waals surface area contributed by atoms with Gasteiger partial charge in [-0.25, -0.2) is 9.48 Å². The summed E-state index contributed by atoms with van der Waals surface area (Å²) < 4.78 is 45.0. The molecule has 27 heavy (non-hydrogen) atoms. The molecule has 1 N–H and O–H groups in total. The minimum atomic E-state index is -4.43. The Balaban J connectivity index is 1.63. The van der Waals surface area contributed by atoms with E-state index in [-0.39, 0.29) is 12.3 Å². The molecular weight excluding hydrogens is 359 g/mol. The van der Waals surface area contributed by atoms with E-state index in [9.17, 15) is 18.0 Å². The molecule has 3 aromatic rings. The van der Waals surface area contributed by atoms with Crippen molar-refractivity contribution < 1.29 is 22.7 Å². The molecule has 0 unspecified atom stereocenters. The lowest BCUT2D eigenvalue weighted by molar-refractivity contribution is -0.137. The maximum Gasteiger partial charge on any atom is 0.416 e. The van der Waals surface area contributed by atoms with Gasteiger partial charge in [0.25, 0.3) is 0 Å². The van der Waals surface area contributed by atoms with Gasteiger partial charge in [-0.15, -0.1) is 0 Å². The topological polar surface area (TPSA) is 56.1 Å². The zero-order valence-electron chi connectivity index (χ0n) is 14.3. The largest absolute Gasteiger partial charge is 0.416 e. The van der Waals surface area contributed by atoms with E-state index in [1.807, 2.05) is 30.3 Å². The zero-order valence-corrected chi connectivity index (χ0v) is 14.3. The van der Waals surface area contributed by atoms with Crippen LogP contribution in [0.2, 0.25) is 0 Å². The first kappa shape index (κ1) is 18.5. The normalized spacial score (nSPS) is 11.3. The van der Waals surface area contributed by atoms with E-state index in [4.69, 9.17) is 4.74 Å². The highest BCUT2D eigenvalue weighted by Crippen LogP contribution is 2.29. The van der Waals surface area contributed by atoms with Gasteiger partial charge in [-0.05, 0) is 36.8 Å². The second kappa shape index (κ2) is 7.53. The van der Waals surface area contributed by atoms with Gasteiger partial charge >= 0.3 is 12.3 Å². The summed E-state index contributed by atoms with van der Waals surface area (Å²) in [6.07, 6.45) is -3.80. The Hall–Kier alpha value is -3.29. The van der Waals surface area contributed by atoms with E-state index in [0.717, 1.165) is 17.8 Å². The minimum absolute atomic E-state index is 0.0887. The third-order valence-corrected chi connectivity index (χ3v) is 3.86. The van der Waals surface area contributed by atoms with Crippen LogP contribution in [-0.4, -0.2) is 15.9 Å². The van der Waals surface area contributed by atoms with E-state index in [0.29, 0.717) is 11.3 Å². The lowest BCUT2D eigenvalue weighted by atomic mass is 10.1. The Bertz CT molecular complexity index is 937. The molecule has 8 heteroatoms. The average molecular weight is 375 g/mol. The summed E-state index contributed by atoms with van der Waals surface area (Å²) in [5.41, 5.74) is 0.985. The number of hydrogen-bond donors (Lipinski definition) is 1. The van der Waals surface area contributed by atoms with Gasteiger partial charge in [-0.2, -0.15) is 18.3 Å². The third kappa shape index (κ3) is 4.46. The number of rotatable bonds is 4. The molecule has 1 aromatic heterocycles. The second-order valence-electron chi connectivity index (χ2n) is 5.78. The number of para-hydroxylation sites is 1. The number of halogens is 3. The molecule has 0 saturated heterocycles. The van der Waals surface area contributed by atoms with Crippen LogP contribution >= 0.6 is 0 Å². The maximum atomic E-state index is 12.7. The van der Waals surface area contributed by atoms with Gasteiger partial charge in [0.1, 0.15) is 0 Å². The van der Waals surface area contributed by atoms with Crippen molar-refractivity contribution >= 4 is 6.09 Å². The smallest absolute Gasteiger partial charge is 0.407 e. The number of aromatic nitrogens is 2. The van der Waals surface area contributed by atoms with Crippen LogP contribution in [0.15, 0.2) is 60.8 Å².